The molecule has 0 radical (unpaired) electrons. The highest BCUT2D eigenvalue weighted by molar-refractivity contribution is 9.10. The maximum atomic E-state index is 12.3. The van der Waals surface area contributed by atoms with Crippen LogP contribution in [0.25, 0.3) is 0 Å². The summed E-state index contributed by atoms with van der Waals surface area (Å²) in [6, 6.07) is 8.35. The second-order valence-electron chi connectivity index (χ2n) is 5.62. The third-order valence-corrected chi connectivity index (χ3v) is 5.10. The number of likely N-dealkylation sites (N-methyl/N-ethyl adjacent to an activating group) is 1. The van der Waals surface area contributed by atoms with Crippen molar-refractivity contribution in [2.24, 2.45) is 0 Å². The van der Waals surface area contributed by atoms with E-state index in [4.69, 9.17) is 0 Å². The normalized spacial score (nSPS) is 19.3. The zero-order chi connectivity index (χ0) is 15.2. The molecule has 2 rings (SSSR count). The van der Waals surface area contributed by atoms with E-state index in [1.54, 1.807) is 0 Å². The van der Waals surface area contributed by atoms with Gasteiger partial charge in [-0.3, -0.25) is 9.69 Å². The third-order valence-electron chi connectivity index (χ3n) is 4.41. The van der Waals surface area contributed by atoms with Crippen LogP contribution >= 0.6 is 15.9 Å². The Morgan fingerprint density at radius 1 is 1.33 bits per heavy atom. The minimum absolute atomic E-state index is 0.230. The number of rotatable bonds is 7. The summed E-state index contributed by atoms with van der Waals surface area (Å²) in [5, 5.41) is 0. The van der Waals surface area contributed by atoms with Gasteiger partial charge in [0, 0.05) is 35.6 Å². The standard InChI is InChI=1S/C17H25BrN2O/c1-3-20(4-2)14-9-11-19(13-14)12-10-17(21)15-7-5-6-8-16(15)18/h5-8,14H,3-4,9-13H2,1-2H3. The van der Waals surface area contributed by atoms with Crippen molar-refractivity contribution in [2.75, 3.05) is 32.7 Å². The first-order chi connectivity index (χ1) is 10.2. The lowest BCUT2D eigenvalue weighted by atomic mass is 10.1. The number of hydrogen-bond acceptors (Lipinski definition) is 3. The summed E-state index contributed by atoms with van der Waals surface area (Å²) in [5.74, 6) is 0.230. The Bertz CT molecular complexity index is 474. The Balaban J connectivity index is 1.82. The van der Waals surface area contributed by atoms with Crippen molar-refractivity contribution in [1.82, 2.24) is 9.80 Å². The Hall–Kier alpha value is -0.710. The second kappa shape index (κ2) is 8.06. The van der Waals surface area contributed by atoms with E-state index in [-0.39, 0.29) is 5.78 Å². The monoisotopic (exact) mass is 352 g/mol. The molecule has 1 aromatic rings. The Labute approximate surface area is 136 Å². The van der Waals surface area contributed by atoms with Gasteiger partial charge in [-0.1, -0.05) is 48.0 Å². The van der Waals surface area contributed by atoms with E-state index in [0.29, 0.717) is 12.5 Å². The summed E-state index contributed by atoms with van der Waals surface area (Å²) in [5.41, 5.74) is 0.803. The van der Waals surface area contributed by atoms with Crippen LogP contribution in [0.3, 0.4) is 0 Å². The predicted molar refractivity (Wildman–Crippen MR) is 90.9 cm³/mol. The summed E-state index contributed by atoms with van der Waals surface area (Å²) in [6.07, 6.45) is 1.83. The molecular weight excluding hydrogens is 328 g/mol. The van der Waals surface area contributed by atoms with Crippen LogP contribution in [0.15, 0.2) is 28.7 Å². The zero-order valence-electron chi connectivity index (χ0n) is 13.0. The average Bonchev–Trinajstić information content (AvgIpc) is 2.95. The average molecular weight is 353 g/mol. The summed E-state index contributed by atoms with van der Waals surface area (Å²) in [6.45, 7) is 9.77. The molecule has 1 aromatic carbocycles. The summed E-state index contributed by atoms with van der Waals surface area (Å²) in [4.78, 5) is 17.2. The SMILES string of the molecule is CCN(CC)C1CCN(CCC(=O)c2ccccc2Br)C1. The largest absolute Gasteiger partial charge is 0.301 e. The fourth-order valence-electron chi connectivity index (χ4n) is 3.14. The molecule has 0 aliphatic carbocycles. The zero-order valence-corrected chi connectivity index (χ0v) is 14.6. The Morgan fingerprint density at radius 3 is 2.71 bits per heavy atom. The Kier molecular flexibility index (Phi) is 6.40. The molecule has 0 saturated carbocycles. The summed E-state index contributed by atoms with van der Waals surface area (Å²) in [7, 11) is 0. The van der Waals surface area contributed by atoms with Crippen LogP contribution in [0.5, 0.6) is 0 Å². The van der Waals surface area contributed by atoms with Crippen molar-refractivity contribution in [3.63, 3.8) is 0 Å². The van der Waals surface area contributed by atoms with E-state index < -0.39 is 0 Å². The van der Waals surface area contributed by atoms with Crippen LogP contribution in [0.1, 0.15) is 37.0 Å². The van der Waals surface area contributed by atoms with Crippen molar-refractivity contribution >= 4 is 21.7 Å². The quantitative estimate of drug-likeness (QED) is 0.702. The maximum Gasteiger partial charge on any atom is 0.165 e. The van der Waals surface area contributed by atoms with Gasteiger partial charge in [0.05, 0.1) is 0 Å². The molecule has 1 unspecified atom stereocenters. The first-order valence-corrected chi connectivity index (χ1v) is 8.69. The fourth-order valence-corrected chi connectivity index (χ4v) is 3.64. The lowest BCUT2D eigenvalue weighted by Gasteiger charge is -2.26. The van der Waals surface area contributed by atoms with Gasteiger partial charge in [0.1, 0.15) is 0 Å². The molecule has 1 aliphatic rings. The first-order valence-electron chi connectivity index (χ1n) is 7.89. The van der Waals surface area contributed by atoms with Crippen molar-refractivity contribution in [2.45, 2.75) is 32.7 Å². The van der Waals surface area contributed by atoms with Crippen LogP contribution in [-0.2, 0) is 0 Å². The molecule has 0 N–H and O–H groups in total. The molecule has 3 nitrogen and oxygen atoms in total. The molecule has 4 heteroatoms. The van der Waals surface area contributed by atoms with Gasteiger partial charge in [0.25, 0.3) is 0 Å². The van der Waals surface area contributed by atoms with Gasteiger partial charge in [-0.15, -0.1) is 0 Å². The minimum Gasteiger partial charge on any atom is -0.301 e. The van der Waals surface area contributed by atoms with Crippen molar-refractivity contribution in [3.05, 3.63) is 34.3 Å². The van der Waals surface area contributed by atoms with Gasteiger partial charge in [0.15, 0.2) is 5.78 Å². The molecule has 1 fully saturated rings. The molecule has 0 bridgehead atoms. The molecule has 0 amide bonds. The number of carbonyl (C=O) groups excluding carboxylic acids is 1. The fraction of sp³-hybridized carbons (Fsp3) is 0.588. The number of carbonyl (C=O) groups is 1. The molecule has 0 spiro atoms. The molecular formula is C17H25BrN2O. The number of hydrogen-bond donors (Lipinski definition) is 0. The molecule has 1 heterocycles. The van der Waals surface area contributed by atoms with Crippen LogP contribution in [-0.4, -0.2) is 54.3 Å². The van der Waals surface area contributed by atoms with E-state index in [1.807, 2.05) is 24.3 Å². The van der Waals surface area contributed by atoms with Crippen LogP contribution in [0.4, 0.5) is 0 Å². The number of nitrogens with zero attached hydrogens (tertiary/aromatic N) is 2. The van der Waals surface area contributed by atoms with E-state index >= 15 is 0 Å². The number of likely N-dealkylation sites (tertiary alicyclic amines) is 1. The van der Waals surface area contributed by atoms with Gasteiger partial charge in [-0.2, -0.15) is 0 Å². The van der Waals surface area contributed by atoms with Crippen LogP contribution < -0.4 is 0 Å². The highest BCUT2D eigenvalue weighted by atomic mass is 79.9. The Morgan fingerprint density at radius 2 is 2.05 bits per heavy atom. The van der Waals surface area contributed by atoms with Crippen molar-refractivity contribution in [3.8, 4) is 0 Å². The van der Waals surface area contributed by atoms with E-state index in [2.05, 4.69) is 39.6 Å². The van der Waals surface area contributed by atoms with E-state index in [9.17, 15) is 4.79 Å². The summed E-state index contributed by atoms with van der Waals surface area (Å²) < 4.78 is 0.900. The highest BCUT2D eigenvalue weighted by Crippen LogP contribution is 2.19. The van der Waals surface area contributed by atoms with Gasteiger partial charge in [0.2, 0.25) is 0 Å². The van der Waals surface area contributed by atoms with Crippen LogP contribution in [0, 0.1) is 0 Å². The van der Waals surface area contributed by atoms with E-state index in [0.717, 1.165) is 42.8 Å². The van der Waals surface area contributed by atoms with Gasteiger partial charge >= 0.3 is 0 Å². The third kappa shape index (κ3) is 4.38. The van der Waals surface area contributed by atoms with Gasteiger partial charge in [-0.05, 0) is 32.1 Å². The van der Waals surface area contributed by atoms with Gasteiger partial charge in [-0.25, -0.2) is 0 Å². The lowest BCUT2D eigenvalue weighted by Crippen LogP contribution is -2.37. The number of ketones is 1. The van der Waals surface area contributed by atoms with Gasteiger partial charge < -0.3 is 4.90 Å². The molecule has 116 valence electrons. The molecule has 1 atom stereocenters. The highest BCUT2D eigenvalue weighted by Gasteiger charge is 2.26. The molecule has 21 heavy (non-hydrogen) atoms. The number of halogens is 1. The second-order valence-corrected chi connectivity index (χ2v) is 6.47. The molecule has 1 saturated heterocycles. The minimum atomic E-state index is 0.230. The summed E-state index contributed by atoms with van der Waals surface area (Å²) >= 11 is 3.46. The van der Waals surface area contributed by atoms with Crippen LogP contribution in [0.2, 0.25) is 0 Å². The van der Waals surface area contributed by atoms with Crippen molar-refractivity contribution in [1.29, 1.82) is 0 Å². The molecule has 1 aliphatic heterocycles. The van der Waals surface area contributed by atoms with Crippen molar-refractivity contribution < 1.29 is 4.79 Å². The maximum absolute atomic E-state index is 12.3. The van der Waals surface area contributed by atoms with E-state index in [1.165, 1.54) is 6.42 Å². The first kappa shape index (κ1) is 16.7. The molecule has 0 aromatic heterocycles. The number of Topliss-reactive ketones (excluding diaryl/α,β-unsaturated/α-hetero) is 1. The number of benzene rings is 1. The predicted octanol–water partition coefficient (Wildman–Crippen LogP) is 3.44. The topological polar surface area (TPSA) is 23.6 Å². The lowest BCUT2D eigenvalue weighted by molar-refractivity contribution is 0.0966. The smallest absolute Gasteiger partial charge is 0.165 e.